The first-order valence-corrected chi connectivity index (χ1v) is 12.3. The standard InChI is InChI=1S/C25H23FN2O5S/c1-16(17-10-11-22-23(13-17)33-15-32-22)27-25(29)21-12-18-6-2-3-7-19(18)14-28(21)34(30,31)24-9-5-4-8-20(24)26/h2-11,13,16,21H,12,14-15H2,1H3,(H,27,29). The van der Waals surface area contributed by atoms with Gasteiger partial charge in [-0.2, -0.15) is 4.31 Å². The lowest BCUT2D eigenvalue weighted by Gasteiger charge is -2.35. The van der Waals surface area contributed by atoms with E-state index in [0.717, 1.165) is 27.1 Å². The van der Waals surface area contributed by atoms with E-state index in [1.54, 1.807) is 12.1 Å². The Hall–Kier alpha value is -3.43. The molecule has 0 bridgehead atoms. The quantitative estimate of drug-likeness (QED) is 0.601. The van der Waals surface area contributed by atoms with Crippen LogP contribution < -0.4 is 14.8 Å². The monoisotopic (exact) mass is 482 g/mol. The molecule has 34 heavy (non-hydrogen) atoms. The fourth-order valence-electron chi connectivity index (χ4n) is 4.33. The number of carbonyl (C=O) groups is 1. The first-order valence-electron chi connectivity index (χ1n) is 10.9. The minimum atomic E-state index is -4.28. The number of sulfonamides is 1. The van der Waals surface area contributed by atoms with Crippen LogP contribution >= 0.6 is 0 Å². The normalized spacial score (nSPS) is 18.2. The number of hydrogen-bond donors (Lipinski definition) is 1. The lowest BCUT2D eigenvalue weighted by Crippen LogP contribution is -2.52. The van der Waals surface area contributed by atoms with E-state index in [9.17, 15) is 17.6 Å². The predicted molar refractivity (Wildman–Crippen MR) is 122 cm³/mol. The van der Waals surface area contributed by atoms with Crippen molar-refractivity contribution in [2.75, 3.05) is 6.79 Å². The molecule has 2 aliphatic rings. The Bertz CT molecular complexity index is 1360. The van der Waals surface area contributed by atoms with Gasteiger partial charge in [0, 0.05) is 6.54 Å². The molecule has 0 radical (unpaired) electrons. The molecule has 7 nitrogen and oxygen atoms in total. The Kier molecular flexibility index (Phi) is 5.75. The second-order valence-corrected chi connectivity index (χ2v) is 10.2. The van der Waals surface area contributed by atoms with Gasteiger partial charge >= 0.3 is 0 Å². The highest BCUT2D eigenvalue weighted by atomic mass is 32.2. The van der Waals surface area contributed by atoms with E-state index in [1.807, 2.05) is 37.3 Å². The average Bonchev–Trinajstić information content (AvgIpc) is 3.31. The molecule has 0 saturated heterocycles. The Labute approximate surface area is 197 Å². The van der Waals surface area contributed by atoms with E-state index in [4.69, 9.17) is 9.47 Å². The summed E-state index contributed by atoms with van der Waals surface area (Å²) in [5, 5.41) is 2.92. The molecule has 0 saturated carbocycles. The molecule has 176 valence electrons. The van der Waals surface area contributed by atoms with Gasteiger partial charge in [-0.1, -0.05) is 42.5 Å². The van der Waals surface area contributed by atoms with Crippen molar-refractivity contribution < 1.29 is 27.1 Å². The van der Waals surface area contributed by atoms with Gasteiger partial charge in [0.25, 0.3) is 0 Å². The number of nitrogens with one attached hydrogen (secondary N) is 1. The van der Waals surface area contributed by atoms with Crippen LogP contribution in [0.2, 0.25) is 0 Å². The molecule has 2 aliphatic heterocycles. The van der Waals surface area contributed by atoms with Crippen molar-refractivity contribution in [3.05, 3.63) is 89.2 Å². The molecule has 2 heterocycles. The van der Waals surface area contributed by atoms with E-state index in [1.165, 1.54) is 18.2 Å². The van der Waals surface area contributed by atoms with Gasteiger partial charge in [-0.15, -0.1) is 0 Å². The Morgan fingerprint density at radius 3 is 2.53 bits per heavy atom. The summed E-state index contributed by atoms with van der Waals surface area (Å²) in [6.07, 6.45) is 0.184. The first kappa shape index (κ1) is 22.4. The third kappa shape index (κ3) is 4.01. The van der Waals surface area contributed by atoms with Crippen molar-refractivity contribution in [1.29, 1.82) is 0 Å². The van der Waals surface area contributed by atoms with E-state index in [0.29, 0.717) is 11.5 Å². The Morgan fingerprint density at radius 1 is 1.03 bits per heavy atom. The molecule has 3 aromatic rings. The molecule has 0 spiro atoms. The highest BCUT2D eigenvalue weighted by molar-refractivity contribution is 7.89. The molecule has 0 fully saturated rings. The maximum Gasteiger partial charge on any atom is 0.247 e. The molecule has 2 atom stereocenters. The van der Waals surface area contributed by atoms with Crippen molar-refractivity contribution in [1.82, 2.24) is 9.62 Å². The summed E-state index contributed by atoms with van der Waals surface area (Å²) in [7, 11) is -4.28. The van der Waals surface area contributed by atoms with Gasteiger partial charge in [-0.3, -0.25) is 4.79 Å². The molecular weight excluding hydrogens is 459 g/mol. The number of nitrogens with zero attached hydrogens (tertiary/aromatic N) is 1. The third-order valence-electron chi connectivity index (χ3n) is 6.19. The van der Waals surface area contributed by atoms with Crippen molar-refractivity contribution >= 4 is 15.9 Å². The highest BCUT2D eigenvalue weighted by Gasteiger charge is 2.41. The molecule has 0 aromatic heterocycles. The van der Waals surface area contributed by atoms with Crippen molar-refractivity contribution in [2.45, 2.75) is 36.9 Å². The van der Waals surface area contributed by atoms with Crippen LogP contribution in [0.4, 0.5) is 4.39 Å². The lowest BCUT2D eigenvalue weighted by molar-refractivity contribution is -0.125. The summed E-state index contributed by atoms with van der Waals surface area (Å²) in [4.78, 5) is 13.0. The smallest absolute Gasteiger partial charge is 0.247 e. The van der Waals surface area contributed by atoms with Crippen LogP contribution in [0.5, 0.6) is 11.5 Å². The van der Waals surface area contributed by atoms with Crippen LogP contribution in [0.1, 0.15) is 29.7 Å². The largest absolute Gasteiger partial charge is 0.454 e. The topological polar surface area (TPSA) is 84.9 Å². The summed E-state index contributed by atoms with van der Waals surface area (Å²) in [5.74, 6) is -0.0869. The number of amides is 1. The van der Waals surface area contributed by atoms with E-state index < -0.39 is 38.7 Å². The minimum absolute atomic E-state index is 0.0245. The van der Waals surface area contributed by atoms with Crippen LogP contribution in [0, 0.1) is 5.82 Å². The minimum Gasteiger partial charge on any atom is -0.454 e. The molecule has 2 unspecified atom stereocenters. The van der Waals surface area contributed by atoms with Crippen LogP contribution in [0.15, 0.2) is 71.6 Å². The van der Waals surface area contributed by atoms with Crippen LogP contribution in [-0.4, -0.2) is 31.5 Å². The van der Waals surface area contributed by atoms with Crippen LogP contribution in [-0.2, 0) is 27.8 Å². The number of fused-ring (bicyclic) bond motifs is 2. The average molecular weight is 483 g/mol. The zero-order valence-electron chi connectivity index (χ0n) is 18.4. The predicted octanol–water partition coefficient (Wildman–Crippen LogP) is 3.55. The van der Waals surface area contributed by atoms with Gasteiger partial charge in [0.1, 0.15) is 16.8 Å². The maximum atomic E-state index is 14.5. The summed E-state index contributed by atoms with van der Waals surface area (Å²) in [5.41, 5.74) is 2.46. The second kappa shape index (κ2) is 8.73. The first-order chi connectivity index (χ1) is 16.3. The van der Waals surface area contributed by atoms with Gasteiger partial charge in [-0.05, 0) is 54.3 Å². The van der Waals surface area contributed by atoms with E-state index in [2.05, 4.69) is 5.32 Å². The van der Waals surface area contributed by atoms with Gasteiger partial charge in [0.05, 0.1) is 6.04 Å². The SMILES string of the molecule is CC(NC(=O)C1Cc2ccccc2CN1S(=O)(=O)c1ccccc1F)c1ccc2c(c1)OCO2. The number of ether oxygens (including phenoxy) is 2. The molecule has 3 aromatic carbocycles. The lowest BCUT2D eigenvalue weighted by atomic mass is 9.95. The number of halogens is 1. The molecule has 1 N–H and O–H groups in total. The third-order valence-corrected chi connectivity index (χ3v) is 8.07. The van der Waals surface area contributed by atoms with Crippen LogP contribution in [0.25, 0.3) is 0 Å². The van der Waals surface area contributed by atoms with Gasteiger partial charge in [0.15, 0.2) is 11.5 Å². The molecule has 1 amide bonds. The van der Waals surface area contributed by atoms with Gasteiger partial charge in [-0.25, -0.2) is 12.8 Å². The fourth-order valence-corrected chi connectivity index (χ4v) is 5.96. The summed E-state index contributed by atoms with van der Waals surface area (Å²) in [6.45, 7) is 1.93. The summed E-state index contributed by atoms with van der Waals surface area (Å²) in [6, 6.07) is 16.5. The number of carbonyl (C=O) groups excluding carboxylic acids is 1. The van der Waals surface area contributed by atoms with Crippen molar-refractivity contribution in [3.8, 4) is 11.5 Å². The molecule has 5 rings (SSSR count). The fraction of sp³-hybridized carbons (Fsp3) is 0.240. The van der Waals surface area contributed by atoms with Crippen molar-refractivity contribution in [3.63, 3.8) is 0 Å². The Morgan fingerprint density at radius 2 is 1.74 bits per heavy atom. The zero-order chi connectivity index (χ0) is 23.9. The molecule has 9 heteroatoms. The molecule has 0 aliphatic carbocycles. The van der Waals surface area contributed by atoms with Gasteiger partial charge in [0.2, 0.25) is 22.7 Å². The van der Waals surface area contributed by atoms with Crippen LogP contribution in [0.3, 0.4) is 0 Å². The van der Waals surface area contributed by atoms with Crippen molar-refractivity contribution in [2.24, 2.45) is 0 Å². The number of rotatable bonds is 5. The number of benzene rings is 3. The van der Waals surface area contributed by atoms with E-state index in [-0.39, 0.29) is 19.8 Å². The number of hydrogen-bond acceptors (Lipinski definition) is 5. The second-order valence-electron chi connectivity index (χ2n) is 8.31. The highest BCUT2D eigenvalue weighted by Crippen LogP contribution is 2.35. The summed E-state index contributed by atoms with van der Waals surface area (Å²) >= 11 is 0. The zero-order valence-corrected chi connectivity index (χ0v) is 19.2. The Balaban J connectivity index is 1.46. The summed E-state index contributed by atoms with van der Waals surface area (Å²) < 4.78 is 53.3. The molecular formula is C25H23FN2O5S. The van der Waals surface area contributed by atoms with Gasteiger partial charge < -0.3 is 14.8 Å². The maximum absolute atomic E-state index is 14.5. The van der Waals surface area contributed by atoms with E-state index >= 15 is 0 Å².